The van der Waals surface area contributed by atoms with Crippen molar-refractivity contribution in [2.24, 2.45) is 0 Å². The summed E-state index contributed by atoms with van der Waals surface area (Å²) in [5.41, 5.74) is 4.07. The second-order valence-electron chi connectivity index (χ2n) is 5.12. The molecular formula is C20H16N2. The quantitative estimate of drug-likeness (QED) is 0.684. The minimum absolute atomic E-state index is 0.716. The van der Waals surface area contributed by atoms with Crippen molar-refractivity contribution in [3.05, 3.63) is 95.1 Å². The van der Waals surface area contributed by atoms with Crippen molar-refractivity contribution in [1.29, 1.82) is 0 Å². The zero-order chi connectivity index (χ0) is 15.2. The van der Waals surface area contributed by atoms with Gasteiger partial charge in [0.05, 0.1) is 11.3 Å². The Morgan fingerprint density at radius 1 is 0.818 bits per heavy atom. The highest BCUT2D eigenvalue weighted by atomic mass is 14.9. The molecule has 0 fully saturated rings. The number of hydrogen-bond donors (Lipinski definition) is 0. The van der Waals surface area contributed by atoms with Crippen molar-refractivity contribution >= 4 is 0 Å². The molecule has 0 bridgehead atoms. The van der Waals surface area contributed by atoms with E-state index in [-0.39, 0.29) is 0 Å². The molecule has 3 aromatic rings. The smallest absolute Gasteiger partial charge is 0.133 e. The number of terminal acetylenes is 1. The Hall–Kier alpha value is -2.92. The van der Waals surface area contributed by atoms with Crippen LogP contribution >= 0.6 is 0 Å². The lowest BCUT2D eigenvalue weighted by Crippen LogP contribution is -2.04. The Balaban J connectivity index is 1.88. The van der Waals surface area contributed by atoms with E-state index in [2.05, 4.69) is 40.2 Å². The van der Waals surface area contributed by atoms with Gasteiger partial charge in [0.25, 0.3) is 0 Å². The first kappa shape index (κ1) is 14.0. The molecule has 3 rings (SSSR count). The Kier molecular flexibility index (Phi) is 4.27. The van der Waals surface area contributed by atoms with Crippen molar-refractivity contribution in [1.82, 2.24) is 9.97 Å². The molecule has 0 atom stereocenters. The van der Waals surface area contributed by atoms with Gasteiger partial charge in [-0.2, -0.15) is 0 Å². The maximum atomic E-state index is 5.58. The molecule has 106 valence electrons. The van der Waals surface area contributed by atoms with Crippen LogP contribution in [0.25, 0.3) is 0 Å². The van der Waals surface area contributed by atoms with Gasteiger partial charge in [-0.1, -0.05) is 66.6 Å². The van der Waals surface area contributed by atoms with E-state index in [0.29, 0.717) is 6.42 Å². The third kappa shape index (κ3) is 3.39. The van der Waals surface area contributed by atoms with Crippen LogP contribution in [0.1, 0.15) is 28.2 Å². The summed E-state index contributed by atoms with van der Waals surface area (Å²) >= 11 is 0. The Labute approximate surface area is 130 Å². The van der Waals surface area contributed by atoms with Crippen molar-refractivity contribution in [2.45, 2.75) is 12.8 Å². The predicted molar refractivity (Wildman–Crippen MR) is 88.5 cm³/mol. The minimum Gasteiger partial charge on any atom is -0.240 e. The second kappa shape index (κ2) is 6.69. The van der Waals surface area contributed by atoms with E-state index in [1.807, 2.05) is 36.4 Å². The topological polar surface area (TPSA) is 25.8 Å². The minimum atomic E-state index is 0.716. The van der Waals surface area contributed by atoms with Crippen molar-refractivity contribution < 1.29 is 0 Å². The van der Waals surface area contributed by atoms with Crippen LogP contribution in [0, 0.1) is 12.3 Å². The van der Waals surface area contributed by atoms with Crippen molar-refractivity contribution in [2.75, 3.05) is 0 Å². The number of benzene rings is 2. The first-order valence-electron chi connectivity index (χ1n) is 7.24. The molecule has 1 aromatic heterocycles. The fourth-order valence-corrected chi connectivity index (χ4v) is 2.37. The molecular weight excluding hydrogens is 268 g/mol. The van der Waals surface area contributed by atoms with E-state index in [0.717, 1.165) is 23.5 Å². The molecule has 0 saturated carbocycles. The summed E-state index contributed by atoms with van der Waals surface area (Å²) in [6.45, 7) is 0. The van der Waals surface area contributed by atoms with Gasteiger partial charge in [0, 0.05) is 19.0 Å². The van der Waals surface area contributed by atoms with Crippen LogP contribution in [0.4, 0.5) is 0 Å². The van der Waals surface area contributed by atoms with E-state index >= 15 is 0 Å². The zero-order valence-corrected chi connectivity index (χ0v) is 12.2. The maximum Gasteiger partial charge on any atom is 0.133 e. The number of rotatable bonds is 4. The van der Waals surface area contributed by atoms with E-state index in [4.69, 9.17) is 6.42 Å². The SMILES string of the molecule is C#Cc1cnc(Cc2ccccc2)nc1Cc1ccccc1. The molecule has 0 unspecified atom stereocenters. The van der Waals surface area contributed by atoms with E-state index < -0.39 is 0 Å². The fourth-order valence-electron chi connectivity index (χ4n) is 2.37. The van der Waals surface area contributed by atoms with E-state index in [1.54, 1.807) is 6.20 Å². The first-order chi connectivity index (χ1) is 10.8. The molecule has 0 aliphatic heterocycles. The highest BCUT2D eigenvalue weighted by Crippen LogP contribution is 2.13. The van der Waals surface area contributed by atoms with Gasteiger partial charge in [-0.05, 0) is 11.1 Å². The summed E-state index contributed by atoms with van der Waals surface area (Å²) in [6, 6.07) is 20.4. The van der Waals surface area contributed by atoms with Crippen LogP contribution in [-0.4, -0.2) is 9.97 Å². The highest BCUT2D eigenvalue weighted by Gasteiger charge is 2.07. The summed E-state index contributed by atoms with van der Waals surface area (Å²) in [7, 11) is 0. The van der Waals surface area contributed by atoms with Gasteiger partial charge in [0.2, 0.25) is 0 Å². The molecule has 0 aliphatic rings. The molecule has 2 aromatic carbocycles. The second-order valence-corrected chi connectivity index (χ2v) is 5.12. The Bertz CT molecular complexity index is 787. The van der Waals surface area contributed by atoms with Crippen LogP contribution < -0.4 is 0 Å². The molecule has 22 heavy (non-hydrogen) atoms. The molecule has 0 aliphatic carbocycles. The molecule has 0 amide bonds. The van der Waals surface area contributed by atoms with Gasteiger partial charge in [-0.15, -0.1) is 6.42 Å². The number of aromatic nitrogens is 2. The summed E-state index contributed by atoms with van der Waals surface area (Å²) in [4.78, 5) is 9.07. The molecule has 2 heteroatoms. The van der Waals surface area contributed by atoms with Crippen LogP contribution in [0.5, 0.6) is 0 Å². The molecule has 0 spiro atoms. The lowest BCUT2D eigenvalue weighted by atomic mass is 10.1. The third-order valence-corrected chi connectivity index (χ3v) is 3.49. The molecule has 0 radical (unpaired) electrons. The zero-order valence-electron chi connectivity index (χ0n) is 12.2. The van der Waals surface area contributed by atoms with Crippen molar-refractivity contribution in [3.63, 3.8) is 0 Å². The van der Waals surface area contributed by atoms with Gasteiger partial charge in [-0.3, -0.25) is 0 Å². The van der Waals surface area contributed by atoms with Crippen LogP contribution in [0.2, 0.25) is 0 Å². The van der Waals surface area contributed by atoms with E-state index in [1.165, 1.54) is 11.1 Å². The van der Waals surface area contributed by atoms with Gasteiger partial charge in [0.15, 0.2) is 0 Å². The van der Waals surface area contributed by atoms with Gasteiger partial charge in [-0.25, -0.2) is 9.97 Å². The summed E-state index contributed by atoms with van der Waals surface area (Å²) < 4.78 is 0. The largest absolute Gasteiger partial charge is 0.240 e. The van der Waals surface area contributed by atoms with Crippen LogP contribution in [0.3, 0.4) is 0 Å². The first-order valence-corrected chi connectivity index (χ1v) is 7.24. The Morgan fingerprint density at radius 3 is 2.00 bits per heavy atom. The van der Waals surface area contributed by atoms with Crippen LogP contribution in [0.15, 0.2) is 66.9 Å². The van der Waals surface area contributed by atoms with Gasteiger partial charge >= 0.3 is 0 Å². The molecule has 1 heterocycles. The highest BCUT2D eigenvalue weighted by molar-refractivity contribution is 5.37. The van der Waals surface area contributed by atoms with Crippen LogP contribution in [-0.2, 0) is 12.8 Å². The summed E-state index contributed by atoms with van der Waals surface area (Å²) in [5, 5.41) is 0. The standard InChI is InChI=1S/C20H16N2/c1-2-18-15-21-20(14-17-11-7-4-8-12-17)22-19(18)13-16-9-5-3-6-10-16/h1,3-12,15H,13-14H2. The molecule has 2 nitrogen and oxygen atoms in total. The number of nitrogens with zero attached hydrogens (tertiary/aromatic N) is 2. The maximum absolute atomic E-state index is 5.58. The monoisotopic (exact) mass is 284 g/mol. The Morgan fingerprint density at radius 2 is 1.41 bits per heavy atom. The third-order valence-electron chi connectivity index (χ3n) is 3.49. The molecule has 0 saturated heterocycles. The average molecular weight is 284 g/mol. The fraction of sp³-hybridized carbons (Fsp3) is 0.100. The lowest BCUT2D eigenvalue weighted by molar-refractivity contribution is 0.911. The summed E-state index contributed by atoms with van der Waals surface area (Å²) in [6.07, 6.45) is 8.77. The summed E-state index contributed by atoms with van der Waals surface area (Å²) in [5.74, 6) is 3.48. The van der Waals surface area contributed by atoms with Crippen molar-refractivity contribution in [3.8, 4) is 12.3 Å². The van der Waals surface area contributed by atoms with Gasteiger partial charge in [0.1, 0.15) is 5.82 Å². The van der Waals surface area contributed by atoms with E-state index in [9.17, 15) is 0 Å². The average Bonchev–Trinajstić information content (AvgIpc) is 2.57. The predicted octanol–water partition coefficient (Wildman–Crippen LogP) is 3.64. The lowest BCUT2D eigenvalue weighted by Gasteiger charge is -2.07. The van der Waals surface area contributed by atoms with Gasteiger partial charge < -0.3 is 0 Å². The number of hydrogen-bond acceptors (Lipinski definition) is 2. The molecule has 0 N–H and O–H groups in total. The normalized spacial score (nSPS) is 10.1.